The molecule has 108 valence electrons. The second-order valence-electron chi connectivity index (χ2n) is 5.56. The third-order valence-corrected chi connectivity index (χ3v) is 4.46. The minimum Gasteiger partial charge on any atom is -0.466 e. The van der Waals surface area contributed by atoms with Gasteiger partial charge in [0.15, 0.2) is 0 Å². The summed E-state index contributed by atoms with van der Waals surface area (Å²) in [4.78, 5) is 14.8. The van der Waals surface area contributed by atoms with Crippen molar-refractivity contribution in [2.75, 3.05) is 32.8 Å². The number of benzene rings is 1. The number of rotatable bonds is 3. The second kappa shape index (κ2) is 5.94. The van der Waals surface area contributed by atoms with E-state index in [9.17, 15) is 4.79 Å². The number of nitrogens with one attached hydrogen (secondary N) is 1. The maximum atomic E-state index is 12.4. The Morgan fingerprint density at radius 1 is 1.40 bits per heavy atom. The molecule has 1 aromatic carbocycles. The zero-order valence-corrected chi connectivity index (χ0v) is 11.9. The predicted molar refractivity (Wildman–Crippen MR) is 77.5 cm³/mol. The number of ether oxygens (including phenoxy) is 1. The van der Waals surface area contributed by atoms with Gasteiger partial charge in [-0.15, -0.1) is 0 Å². The van der Waals surface area contributed by atoms with Gasteiger partial charge in [0.25, 0.3) is 0 Å². The third kappa shape index (κ3) is 2.45. The van der Waals surface area contributed by atoms with Gasteiger partial charge in [-0.1, -0.05) is 30.3 Å². The van der Waals surface area contributed by atoms with E-state index in [-0.39, 0.29) is 23.8 Å². The minimum absolute atomic E-state index is 0.0439. The summed E-state index contributed by atoms with van der Waals surface area (Å²) in [7, 11) is 0. The molecule has 3 atom stereocenters. The summed E-state index contributed by atoms with van der Waals surface area (Å²) < 4.78 is 5.33. The Morgan fingerprint density at radius 2 is 2.20 bits per heavy atom. The van der Waals surface area contributed by atoms with E-state index in [1.807, 2.05) is 25.1 Å². The zero-order chi connectivity index (χ0) is 13.9. The molecule has 1 aromatic rings. The van der Waals surface area contributed by atoms with Crippen molar-refractivity contribution < 1.29 is 9.53 Å². The van der Waals surface area contributed by atoms with Crippen molar-refractivity contribution in [2.45, 2.75) is 18.9 Å². The summed E-state index contributed by atoms with van der Waals surface area (Å²) in [6.07, 6.45) is 0. The van der Waals surface area contributed by atoms with Crippen LogP contribution < -0.4 is 5.32 Å². The van der Waals surface area contributed by atoms with Crippen LogP contribution in [0.25, 0.3) is 0 Å². The van der Waals surface area contributed by atoms with Crippen LogP contribution in [0.2, 0.25) is 0 Å². The van der Waals surface area contributed by atoms with E-state index in [0.717, 1.165) is 26.2 Å². The van der Waals surface area contributed by atoms with Crippen LogP contribution in [0.4, 0.5) is 0 Å². The smallest absolute Gasteiger partial charge is 0.311 e. The lowest BCUT2D eigenvalue weighted by molar-refractivity contribution is -0.149. The van der Waals surface area contributed by atoms with Crippen molar-refractivity contribution in [2.24, 2.45) is 5.92 Å². The van der Waals surface area contributed by atoms with Crippen molar-refractivity contribution in [1.29, 1.82) is 0 Å². The molecular weight excluding hydrogens is 252 g/mol. The number of nitrogens with zero attached hydrogens (tertiary/aromatic N) is 1. The summed E-state index contributed by atoms with van der Waals surface area (Å²) in [5.41, 5.74) is 1.25. The summed E-state index contributed by atoms with van der Waals surface area (Å²) >= 11 is 0. The number of carbonyl (C=O) groups is 1. The van der Waals surface area contributed by atoms with Gasteiger partial charge in [-0.05, 0) is 12.5 Å². The Hall–Kier alpha value is -1.39. The highest BCUT2D eigenvalue weighted by Crippen LogP contribution is 2.38. The summed E-state index contributed by atoms with van der Waals surface area (Å²) in [5.74, 6) is 0.155. The molecule has 0 saturated carbocycles. The highest BCUT2D eigenvalue weighted by atomic mass is 16.5. The van der Waals surface area contributed by atoms with E-state index in [2.05, 4.69) is 22.3 Å². The molecule has 2 heterocycles. The molecule has 0 aliphatic carbocycles. The molecule has 4 nitrogen and oxygen atoms in total. The molecule has 20 heavy (non-hydrogen) atoms. The highest BCUT2D eigenvalue weighted by molar-refractivity contribution is 5.75. The van der Waals surface area contributed by atoms with Crippen LogP contribution in [0.5, 0.6) is 0 Å². The van der Waals surface area contributed by atoms with E-state index in [1.54, 1.807) is 0 Å². The Morgan fingerprint density at radius 3 is 2.95 bits per heavy atom. The van der Waals surface area contributed by atoms with Gasteiger partial charge in [-0.3, -0.25) is 9.69 Å². The molecule has 0 spiro atoms. The lowest BCUT2D eigenvalue weighted by Gasteiger charge is -2.32. The van der Waals surface area contributed by atoms with Crippen molar-refractivity contribution in [3.63, 3.8) is 0 Å². The van der Waals surface area contributed by atoms with Crippen LogP contribution >= 0.6 is 0 Å². The largest absolute Gasteiger partial charge is 0.466 e. The minimum atomic E-state index is -0.0508. The van der Waals surface area contributed by atoms with E-state index in [0.29, 0.717) is 6.61 Å². The molecule has 0 amide bonds. The topological polar surface area (TPSA) is 41.6 Å². The van der Waals surface area contributed by atoms with Gasteiger partial charge in [0.1, 0.15) is 0 Å². The monoisotopic (exact) mass is 274 g/mol. The first-order chi connectivity index (χ1) is 9.81. The molecule has 0 unspecified atom stereocenters. The lowest BCUT2D eigenvalue weighted by Crippen LogP contribution is -2.51. The Balaban J connectivity index is 1.88. The second-order valence-corrected chi connectivity index (χ2v) is 5.56. The zero-order valence-electron chi connectivity index (χ0n) is 11.9. The first-order valence-corrected chi connectivity index (χ1v) is 7.47. The molecule has 2 fully saturated rings. The first-order valence-electron chi connectivity index (χ1n) is 7.47. The molecule has 0 aromatic heterocycles. The number of carbonyl (C=O) groups excluding carboxylic acids is 1. The molecular formula is C16H22N2O2. The lowest BCUT2D eigenvalue weighted by atomic mass is 9.85. The maximum Gasteiger partial charge on any atom is 0.311 e. The van der Waals surface area contributed by atoms with Gasteiger partial charge >= 0.3 is 5.97 Å². The average Bonchev–Trinajstić information content (AvgIpc) is 2.88. The molecule has 0 radical (unpaired) electrons. The van der Waals surface area contributed by atoms with Crippen LogP contribution in [0.3, 0.4) is 0 Å². The van der Waals surface area contributed by atoms with Gasteiger partial charge in [0, 0.05) is 38.1 Å². The maximum absolute atomic E-state index is 12.4. The summed E-state index contributed by atoms with van der Waals surface area (Å²) in [5, 5.41) is 3.41. The molecule has 2 aliphatic rings. The quantitative estimate of drug-likeness (QED) is 0.842. The fraction of sp³-hybridized carbons (Fsp3) is 0.562. The number of esters is 1. The average molecular weight is 274 g/mol. The number of piperazine rings is 1. The van der Waals surface area contributed by atoms with Crippen molar-refractivity contribution in [3.05, 3.63) is 35.9 Å². The van der Waals surface area contributed by atoms with E-state index in [4.69, 9.17) is 4.74 Å². The Bertz CT molecular complexity index is 463. The SMILES string of the molecule is CCOC(=O)[C@@H]1[C@@H](c2ccccc2)CN2CCNC[C@H]12. The molecule has 0 bridgehead atoms. The Labute approximate surface area is 120 Å². The first kappa shape index (κ1) is 13.6. The Kier molecular flexibility index (Phi) is 4.03. The van der Waals surface area contributed by atoms with E-state index in [1.165, 1.54) is 5.56 Å². The predicted octanol–water partition coefficient (Wildman–Crippen LogP) is 1.24. The highest BCUT2D eigenvalue weighted by Gasteiger charge is 2.47. The van der Waals surface area contributed by atoms with Crippen molar-refractivity contribution in [3.8, 4) is 0 Å². The standard InChI is InChI=1S/C16H22N2O2/c1-2-20-16(19)15-13(12-6-4-3-5-7-12)11-18-9-8-17-10-14(15)18/h3-7,13-15,17H,2,8-11H2,1H3/t13-,14-,15-/m1/s1. The molecule has 2 aliphatic heterocycles. The molecule has 3 rings (SSSR count). The number of fused-ring (bicyclic) bond motifs is 1. The van der Waals surface area contributed by atoms with Gasteiger partial charge in [-0.25, -0.2) is 0 Å². The van der Waals surface area contributed by atoms with Gasteiger partial charge < -0.3 is 10.1 Å². The number of hydrogen-bond donors (Lipinski definition) is 1. The van der Waals surface area contributed by atoms with Crippen LogP contribution in [0.15, 0.2) is 30.3 Å². The van der Waals surface area contributed by atoms with Gasteiger partial charge in [0.05, 0.1) is 12.5 Å². The van der Waals surface area contributed by atoms with E-state index < -0.39 is 0 Å². The van der Waals surface area contributed by atoms with Crippen LogP contribution in [0, 0.1) is 5.92 Å². The third-order valence-electron chi connectivity index (χ3n) is 4.46. The van der Waals surface area contributed by atoms with Crippen LogP contribution in [0.1, 0.15) is 18.4 Å². The molecule has 2 saturated heterocycles. The summed E-state index contributed by atoms with van der Waals surface area (Å²) in [6.45, 7) is 6.20. The molecule has 1 N–H and O–H groups in total. The fourth-order valence-electron chi connectivity index (χ4n) is 3.56. The van der Waals surface area contributed by atoms with Gasteiger partial charge in [0.2, 0.25) is 0 Å². The van der Waals surface area contributed by atoms with Crippen molar-refractivity contribution in [1.82, 2.24) is 10.2 Å². The molecule has 4 heteroatoms. The van der Waals surface area contributed by atoms with Crippen molar-refractivity contribution >= 4 is 5.97 Å². The normalized spacial score (nSPS) is 29.9. The van der Waals surface area contributed by atoms with Crippen LogP contribution in [-0.2, 0) is 9.53 Å². The van der Waals surface area contributed by atoms with E-state index >= 15 is 0 Å². The fourth-order valence-corrected chi connectivity index (χ4v) is 3.56. The van der Waals surface area contributed by atoms with Gasteiger partial charge in [-0.2, -0.15) is 0 Å². The number of hydrogen-bond acceptors (Lipinski definition) is 4. The summed E-state index contributed by atoms with van der Waals surface area (Å²) in [6, 6.07) is 10.6. The van der Waals surface area contributed by atoms with Crippen LogP contribution in [-0.4, -0.2) is 49.7 Å².